The maximum absolute atomic E-state index is 12.2. The third-order valence-corrected chi connectivity index (χ3v) is 5.46. The number of anilines is 1. The third kappa shape index (κ3) is 19.5. The van der Waals surface area contributed by atoms with Crippen LogP contribution in [-0.4, -0.2) is 80.6 Å². The van der Waals surface area contributed by atoms with Crippen molar-refractivity contribution in [1.29, 1.82) is 0 Å². The molecular formula is C30H46N2O9. The second-order valence-corrected chi connectivity index (χ2v) is 10.6. The number of esters is 1. The van der Waals surface area contributed by atoms with Gasteiger partial charge in [0.1, 0.15) is 17.2 Å². The summed E-state index contributed by atoms with van der Waals surface area (Å²) in [5.41, 5.74) is 1.03. The summed E-state index contributed by atoms with van der Waals surface area (Å²) >= 11 is 0. The summed E-state index contributed by atoms with van der Waals surface area (Å²) in [4.78, 5) is 58.6. The summed E-state index contributed by atoms with van der Waals surface area (Å²) in [5.74, 6) is -0.968. The molecule has 2 amide bonds. The monoisotopic (exact) mass is 578 g/mol. The highest BCUT2D eigenvalue weighted by atomic mass is 16.6. The lowest BCUT2D eigenvalue weighted by Gasteiger charge is -2.22. The number of ketones is 2. The van der Waals surface area contributed by atoms with Crippen LogP contribution in [0.25, 0.3) is 0 Å². The Morgan fingerprint density at radius 3 is 2.07 bits per heavy atom. The zero-order chi connectivity index (χ0) is 30.7. The molecule has 0 aliphatic heterocycles. The van der Waals surface area contributed by atoms with E-state index in [4.69, 9.17) is 18.9 Å². The number of hydrogen-bond acceptors (Lipinski definition) is 9. The van der Waals surface area contributed by atoms with Gasteiger partial charge in [0.15, 0.2) is 6.10 Å². The summed E-state index contributed by atoms with van der Waals surface area (Å²) in [6, 6.07) is 7.20. The molecule has 11 nitrogen and oxygen atoms in total. The molecule has 41 heavy (non-hydrogen) atoms. The molecule has 1 unspecified atom stereocenters. The number of ether oxygens (including phenoxy) is 4. The highest BCUT2D eigenvalue weighted by Crippen LogP contribution is 2.13. The average molecular weight is 579 g/mol. The number of carbonyl (C=O) groups is 5. The Balaban J connectivity index is 2.03. The van der Waals surface area contributed by atoms with Crippen LogP contribution in [0.2, 0.25) is 0 Å². The maximum atomic E-state index is 12.2. The van der Waals surface area contributed by atoms with Gasteiger partial charge in [-0.05, 0) is 65.2 Å². The Morgan fingerprint density at radius 1 is 0.829 bits per heavy atom. The first-order valence-electron chi connectivity index (χ1n) is 14.0. The van der Waals surface area contributed by atoms with Gasteiger partial charge in [-0.3, -0.25) is 19.2 Å². The number of benzene rings is 1. The van der Waals surface area contributed by atoms with Gasteiger partial charge in [-0.1, -0.05) is 12.1 Å². The van der Waals surface area contributed by atoms with Gasteiger partial charge in [0, 0.05) is 31.5 Å². The standard InChI is InChI=1S/C30H46N2O9/c1-22(33)21-26(34)14-11-24-9-12-25(13-10-24)32-28(36)8-6-7-27(35)31-15-16-38-17-18-39-19-20-40-23(2)29(37)41-30(3,4)5/h9-10,12-13,23H,6-8,11,14-21H2,1-5H3,(H,31,35)(H,32,36). The van der Waals surface area contributed by atoms with Crippen molar-refractivity contribution in [2.24, 2.45) is 0 Å². The summed E-state index contributed by atoms with van der Waals surface area (Å²) in [7, 11) is 0. The number of Topliss-reactive ketones (excluding diaryl/α,β-unsaturated/α-hetero) is 2. The lowest BCUT2D eigenvalue weighted by atomic mass is 10.0. The van der Waals surface area contributed by atoms with Crippen molar-refractivity contribution < 1.29 is 42.9 Å². The van der Waals surface area contributed by atoms with Gasteiger partial charge in [-0.2, -0.15) is 0 Å². The van der Waals surface area contributed by atoms with Crippen molar-refractivity contribution in [2.75, 3.05) is 44.9 Å². The number of aryl methyl sites for hydroxylation is 1. The molecule has 1 rings (SSSR count). The Hall–Kier alpha value is -3.15. The van der Waals surface area contributed by atoms with E-state index < -0.39 is 17.7 Å². The minimum Gasteiger partial charge on any atom is -0.458 e. The fourth-order valence-electron chi connectivity index (χ4n) is 3.45. The van der Waals surface area contributed by atoms with Gasteiger partial charge in [0.2, 0.25) is 11.8 Å². The number of carbonyl (C=O) groups excluding carboxylic acids is 5. The van der Waals surface area contributed by atoms with E-state index in [2.05, 4.69) is 10.6 Å². The topological polar surface area (TPSA) is 146 Å². The summed E-state index contributed by atoms with van der Waals surface area (Å²) < 4.78 is 21.4. The molecule has 0 fully saturated rings. The van der Waals surface area contributed by atoms with Gasteiger partial charge in [-0.25, -0.2) is 4.79 Å². The molecule has 0 saturated carbocycles. The molecule has 230 valence electrons. The van der Waals surface area contributed by atoms with Gasteiger partial charge < -0.3 is 29.6 Å². The predicted octanol–water partition coefficient (Wildman–Crippen LogP) is 3.17. The highest BCUT2D eigenvalue weighted by Gasteiger charge is 2.22. The molecular weight excluding hydrogens is 532 g/mol. The minimum absolute atomic E-state index is 0.0344. The first-order valence-corrected chi connectivity index (χ1v) is 14.0. The first-order chi connectivity index (χ1) is 19.4. The zero-order valence-corrected chi connectivity index (χ0v) is 25.0. The average Bonchev–Trinajstić information content (AvgIpc) is 2.87. The van der Waals surface area contributed by atoms with Crippen LogP contribution in [0.5, 0.6) is 0 Å². The van der Waals surface area contributed by atoms with Gasteiger partial charge in [0.25, 0.3) is 0 Å². The van der Waals surface area contributed by atoms with Crippen molar-refractivity contribution in [3.63, 3.8) is 0 Å². The minimum atomic E-state index is -0.666. The Morgan fingerprint density at radius 2 is 1.44 bits per heavy atom. The van der Waals surface area contributed by atoms with E-state index in [1.54, 1.807) is 39.8 Å². The largest absolute Gasteiger partial charge is 0.458 e. The maximum Gasteiger partial charge on any atom is 0.335 e. The van der Waals surface area contributed by atoms with Crippen molar-refractivity contribution >= 4 is 35.0 Å². The molecule has 0 radical (unpaired) electrons. The molecule has 1 aromatic carbocycles. The number of rotatable bonds is 21. The summed E-state index contributed by atoms with van der Waals surface area (Å²) in [6.45, 7) is 10.4. The fraction of sp³-hybridized carbons (Fsp3) is 0.633. The third-order valence-electron chi connectivity index (χ3n) is 5.46. The first kappa shape index (κ1) is 35.9. The van der Waals surface area contributed by atoms with E-state index >= 15 is 0 Å². The zero-order valence-electron chi connectivity index (χ0n) is 25.0. The van der Waals surface area contributed by atoms with E-state index in [9.17, 15) is 24.0 Å². The molecule has 1 atom stereocenters. The lowest BCUT2D eigenvalue weighted by Crippen LogP contribution is -2.32. The molecule has 0 spiro atoms. The fourth-order valence-corrected chi connectivity index (χ4v) is 3.45. The quantitative estimate of drug-likeness (QED) is 0.128. The summed E-state index contributed by atoms with van der Waals surface area (Å²) in [6.07, 6.45) is 1.00. The molecule has 0 bridgehead atoms. The number of hydrogen-bond donors (Lipinski definition) is 2. The summed E-state index contributed by atoms with van der Waals surface area (Å²) in [5, 5.41) is 5.54. The van der Waals surface area contributed by atoms with Crippen molar-refractivity contribution in [1.82, 2.24) is 5.32 Å². The second-order valence-electron chi connectivity index (χ2n) is 10.6. The predicted molar refractivity (Wildman–Crippen MR) is 153 cm³/mol. The van der Waals surface area contributed by atoms with Gasteiger partial charge >= 0.3 is 5.97 Å². The van der Waals surface area contributed by atoms with Crippen LogP contribution in [0.4, 0.5) is 5.69 Å². The van der Waals surface area contributed by atoms with E-state index in [-0.39, 0.29) is 49.3 Å². The van der Waals surface area contributed by atoms with Crippen LogP contribution in [0.15, 0.2) is 24.3 Å². The van der Waals surface area contributed by atoms with Crippen LogP contribution in [0.3, 0.4) is 0 Å². The Kier molecular flexibility index (Phi) is 17.4. The van der Waals surface area contributed by atoms with E-state index in [0.717, 1.165) is 5.56 Å². The molecule has 0 aromatic heterocycles. The van der Waals surface area contributed by atoms with E-state index in [0.29, 0.717) is 57.9 Å². The van der Waals surface area contributed by atoms with E-state index in [1.807, 2.05) is 12.1 Å². The molecule has 0 aliphatic carbocycles. The van der Waals surface area contributed by atoms with Gasteiger partial charge in [-0.15, -0.1) is 0 Å². The van der Waals surface area contributed by atoms with Gasteiger partial charge in [0.05, 0.1) is 39.5 Å². The van der Waals surface area contributed by atoms with E-state index in [1.165, 1.54) is 6.92 Å². The molecule has 1 aromatic rings. The van der Waals surface area contributed by atoms with Crippen molar-refractivity contribution in [2.45, 2.75) is 84.8 Å². The number of nitrogens with one attached hydrogen (secondary N) is 2. The van der Waals surface area contributed by atoms with Crippen LogP contribution >= 0.6 is 0 Å². The Labute approximate surface area is 243 Å². The van der Waals surface area contributed by atoms with Crippen LogP contribution in [0, 0.1) is 0 Å². The van der Waals surface area contributed by atoms with Crippen LogP contribution < -0.4 is 10.6 Å². The van der Waals surface area contributed by atoms with Crippen molar-refractivity contribution in [3.05, 3.63) is 29.8 Å². The molecule has 11 heteroatoms. The normalized spacial score (nSPS) is 11.9. The number of amides is 2. The lowest BCUT2D eigenvalue weighted by molar-refractivity contribution is -0.168. The SMILES string of the molecule is CC(=O)CC(=O)CCc1ccc(NC(=O)CCCC(=O)NCCOCCOCCOC(C)C(=O)OC(C)(C)C)cc1. The second kappa shape index (κ2) is 19.8. The smallest absolute Gasteiger partial charge is 0.335 e. The Bertz CT molecular complexity index is 971. The molecule has 2 N–H and O–H groups in total. The van der Waals surface area contributed by atoms with Crippen LogP contribution in [0.1, 0.15) is 72.3 Å². The van der Waals surface area contributed by atoms with Crippen molar-refractivity contribution in [3.8, 4) is 0 Å². The molecule has 0 heterocycles. The molecule has 0 saturated heterocycles. The molecule has 0 aliphatic rings. The van der Waals surface area contributed by atoms with Crippen LogP contribution in [-0.2, 0) is 49.3 Å². The highest BCUT2D eigenvalue weighted by molar-refractivity contribution is 5.98.